The molecule has 80 valence electrons. The highest BCUT2D eigenvalue weighted by Crippen LogP contribution is 2.58. The first-order chi connectivity index (χ1) is 7.29. The van der Waals surface area contributed by atoms with E-state index in [2.05, 4.69) is 17.9 Å². The Morgan fingerprint density at radius 1 is 1.33 bits per heavy atom. The zero-order chi connectivity index (χ0) is 10.4. The summed E-state index contributed by atoms with van der Waals surface area (Å²) in [7, 11) is 0. The predicted octanol–water partition coefficient (Wildman–Crippen LogP) is 2.49. The Morgan fingerprint density at radius 3 is 2.67 bits per heavy atom. The van der Waals surface area contributed by atoms with Crippen molar-refractivity contribution < 1.29 is 4.39 Å². The Labute approximate surface area is 89.9 Å². The van der Waals surface area contributed by atoms with E-state index in [1.165, 1.54) is 24.7 Å². The van der Waals surface area contributed by atoms with Gasteiger partial charge in [-0.3, -0.25) is 0 Å². The summed E-state index contributed by atoms with van der Waals surface area (Å²) in [5.41, 5.74) is 1.21. The van der Waals surface area contributed by atoms with Crippen LogP contribution in [0.3, 0.4) is 0 Å². The third-order valence-electron chi connectivity index (χ3n) is 3.95. The molecule has 2 heteroatoms. The average Bonchev–Trinajstić information content (AvgIpc) is 2.74. The molecule has 1 aromatic rings. The van der Waals surface area contributed by atoms with Crippen molar-refractivity contribution in [2.75, 3.05) is 19.6 Å². The van der Waals surface area contributed by atoms with Crippen LogP contribution in [0.4, 0.5) is 4.39 Å². The van der Waals surface area contributed by atoms with Gasteiger partial charge in [-0.05, 0) is 42.0 Å². The van der Waals surface area contributed by atoms with Crippen LogP contribution >= 0.6 is 0 Å². The van der Waals surface area contributed by atoms with E-state index in [1.54, 1.807) is 6.07 Å². The van der Waals surface area contributed by atoms with Crippen molar-refractivity contribution in [3.63, 3.8) is 0 Å². The second-order valence-corrected chi connectivity index (χ2v) is 4.76. The summed E-state index contributed by atoms with van der Waals surface area (Å²) >= 11 is 0. The molecule has 1 saturated heterocycles. The molecule has 1 aliphatic heterocycles. The molecule has 1 saturated carbocycles. The first-order valence-corrected chi connectivity index (χ1v) is 5.77. The predicted molar refractivity (Wildman–Crippen MR) is 58.2 cm³/mol. The fourth-order valence-corrected chi connectivity index (χ4v) is 3.08. The minimum absolute atomic E-state index is 0.0928. The second-order valence-electron chi connectivity index (χ2n) is 4.76. The summed E-state index contributed by atoms with van der Waals surface area (Å²) in [4.78, 5) is 2.49. The third kappa shape index (κ3) is 1.48. The van der Waals surface area contributed by atoms with Gasteiger partial charge in [-0.15, -0.1) is 0 Å². The van der Waals surface area contributed by atoms with Gasteiger partial charge in [-0.2, -0.15) is 0 Å². The van der Waals surface area contributed by atoms with Crippen molar-refractivity contribution in [3.05, 3.63) is 35.6 Å². The number of hydrogen-bond acceptors (Lipinski definition) is 1. The minimum atomic E-state index is -0.0928. The van der Waals surface area contributed by atoms with E-state index in [0.29, 0.717) is 5.92 Å². The fourth-order valence-electron chi connectivity index (χ4n) is 3.08. The van der Waals surface area contributed by atoms with E-state index in [0.717, 1.165) is 18.4 Å². The van der Waals surface area contributed by atoms with E-state index < -0.39 is 0 Å². The van der Waals surface area contributed by atoms with Crippen molar-refractivity contribution >= 4 is 0 Å². The van der Waals surface area contributed by atoms with E-state index >= 15 is 0 Å². The molecule has 2 atom stereocenters. The molecule has 0 spiro atoms. The molecule has 1 aromatic carbocycles. The molecule has 2 fully saturated rings. The van der Waals surface area contributed by atoms with Crippen LogP contribution in [0.25, 0.3) is 0 Å². The molecule has 0 bridgehead atoms. The molecule has 0 amide bonds. The Balaban J connectivity index is 1.74. The largest absolute Gasteiger partial charge is 0.303 e. The first kappa shape index (κ1) is 9.34. The standard InChI is InChI=1S/C13H16FN/c1-2-15-7-11-12(8-15)13(11)9-4-3-5-10(14)6-9/h3-6,11-13H,2,7-8H2,1H3. The van der Waals surface area contributed by atoms with Gasteiger partial charge in [-0.1, -0.05) is 19.1 Å². The van der Waals surface area contributed by atoms with Gasteiger partial charge in [0, 0.05) is 13.1 Å². The van der Waals surface area contributed by atoms with Crippen molar-refractivity contribution in [2.24, 2.45) is 11.8 Å². The van der Waals surface area contributed by atoms with Gasteiger partial charge in [0.25, 0.3) is 0 Å². The summed E-state index contributed by atoms with van der Waals surface area (Å²) < 4.78 is 13.1. The minimum Gasteiger partial charge on any atom is -0.303 e. The van der Waals surface area contributed by atoms with Crippen LogP contribution in [0.15, 0.2) is 24.3 Å². The maximum absolute atomic E-state index is 13.1. The molecule has 0 N–H and O–H groups in total. The highest BCUT2D eigenvalue weighted by molar-refractivity contribution is 5.30. The molecule has 0 aromatic heterocycles. The van der Waals surface area contributed by atoms with Crippen LogP contribution in [0, 0.1) is 17.7 Å². The van der Waals surface area contributed by atoms with E-state index in [1.807, 2.05) is 6.07 Å². The monoisotopic (exact) mass is 205 g/mol. The number of nitrogens with zero attached hydrogens (tertiary/aromatic N) is 1. The van der Waals surface area contributed by atoms with Crippen LogP contribution in [0.5, 0.6) is 0 Å². The highest BCUT2D eigenvalue weighted by atomic mass is 19.1. The number of rotatable bonds is 2. The zero-order valence-electron chi connectivity index (χ0n) is 8.99. The van der Waals surface area contributed by atoms with Crippen LogP contribution in [0.2, 0.25) is 0 Å². The number of hydrogen-bond donors (Lipinski definition) is 0. The Hall–Kier alpha value is -0.890. The number of likely N-dealkylation sites (tertiary alicyclic amines) is 1. The lowest BCUT2D eigenvalue weighted by Crippen LogP contribution is -2.23. The number of benzene rings is 1. The van der Waals surface area contributed by atoms with Gasteiger partial charge >= 0.3 is 0 Å². The summed E-state index contributed by atoms with van der Waals surface area (Å²) in [5, 5.41) is 0. The summed E-state index contributed by atoms with van der Waals surface area (Å²) in [6, 6.07) is 7.14. The lowest BCUT2D eigenvalue weighted by molar-refractivity contribution is 0.314. The Morgan fingerprint density at radius 2 is 2.07 bits per heavy atom. The topological polar surface area (TPSA) is 3.24 Å². The van der Waals surface area contributed by atoms with Crippen molar-refractivity contribution in [2.45, 2.75) is 12.8 Å². The molecule has 1 nitrogen and oxygen atoms in total. The number of fused-ring (bicyclic) bond motifs is 1. The zero-order valence-corrected chi connectivity index (χ0v) is 8.99. The molecule has 15 heavy (non-hydrogen) atoms. The van der Waals surface area contributed by atoms with Crippen LogP contribution in [-0.4, -0.2) is 24.5 Å². The molecule has 1 heterocycles. The van der Waals surface area contributed by atoms with Crippen LogP contribution < -0.4 is 0 Å². The van der Waals surface area contributed by atoms with E-state index in [4.69, 9.17) is 0 Å². The van der Waals surface area contributed by atoms with Gasteiger partial charge in [-0.25, -0.2) is 4.39 Å². The van der Waals surface area contributed by atoms with Crippen molar-refractivity contribution in [1.82, 2.24) is 4.90 Å². The average molecular weight is 205 g/mol. The van der Waals surface area contributed by atoms with Crippen LogP contribution in [0.1, 0.15) is 18.4 Å². The summed E-state index contributed by atoms with van der Waals surface area (Å²) in [5.74, 6) is 2.15. The van der Waals surface area contributed by atoms with Gasteiger partial charge < -0.3 is 4.90 Å². The molecule has 2 unspecified atom stereocenters. The van der Waals surface area contributed by atoms with E-state index in [-0.39, 0.29) is 5.82 Å². The molecular weight excluding hydrogens is 189 g/mol. The molecule has 1 aliphatic carbocycles. The van der Waals surface area contributed by atoms with Gasteiger partial charge in [0.2, 0.25) is 0 Å². The smallest absolute Gasteiger partial charge is 0.123 e. The Kier molecular flexibility index (Phi) is 2.06. The lowest BCUT2D eigenvalue weighted by atomic mass is 10.1. The fraction of sp³-hybridized carbons (Fsp3) is 0.538. The van der Waals surface area contributed by atoms with Gasteiger partial charge in [0.1, 0.15) is 5.82 Å². The molecule has 0 radical (unpaired) electrons. The molecule has 3 rings (SSSR count). The maximum Gasteiger partial charge on any atom is 0.123 e. The first-order valence-electron chi connectivity index (χ1n) is 5.77. The van der Waals surface area contributed by atoms with E-state index in [9.17, 15) is 4.39 Å². The number of piperidine rings is 1. The van der Waals surface area contributed by atoms with Crippen molar-refractivity contribution in [1.29, 1.82) is 0 Å². The Bertz CT molecular complexity index is 365. The summed E-state index contributed by atoms with van der Waals surface area (Å²) in [6.45, 7) is 5.79. The highest BCUT2D eigenvalue weighted by Gasteiger charge is 2.55. The summed E-state index contributed by atoms with van der Waals surface area (Å²) in [6.07, 6.45) is 0. The molecular formula is C13H16FN. The van der Waals surface area contributed by atoms with Gasteiger partial charge in [0.05, 0.1) is 0 Å². The van der Waals surface area contributed by atoms with Gasteiger partial charge in [0.15, 0.2) is 0 Å². The number of halogens is 1. The quantitative estimate of drug-likeness (QED) is 0.717. The normalized spacial score (nSPS) is 34.1. The molecule has 2 aliphatic rings. The van der Waals surface area contributed by atoms with Crippen LogP contribution in [-0.2, 0) is 0 Å². The SMILES string of the molecule is CCN1CC2C(C1)C2c1cccc(F)c1. The third-order valence-corrected chi connectivity index (χ3v) is 3.95. The maximum atomic E-state index is 13.1. The lowest BCUT2D eigenvalue weighted by Gasteiger charge is -2.16. The second kappa shape index (κ2) is 3.31. The van der Waals surface area contributed by atoms with Crippen molar-refractivity contribution in [3.8, 4) is 0 Å².